The van der Waals surface area contributed by atoms with E-state index in [4.69, 9.17) is 0 Å². The fraction of sp³-hybridized carbons (Fsp3) is 0. The third-order valence-electron chi connectivity index (χ3n) is 1.20. The van der Waals surface area contributed by atoms with Crippen molar-refractivity contribution < 1.29 is 0 Å². The van der Waals surface area contributed by atoms with E-state index in [1.807, 2.05) is 6.20 Å². The van der Waals surface area contributed by atoms with Crippen LogP contribution in [0.3, 0.4) is 0 Å². The van der Waals surface area contributed by atoms with Gasteiger partial charge in [0, 0.05) is 11.8 Å². The van der Waals surface area contributed by atoms with E-state index in [2.05, 4.69) is 27.6 Å². The summed E-state index contributed by atoms with van der Waals surface area (Å²) < 4.78 is 1.66. The molecule has 52 valence electrons. The van der Waals surface area contributed by atoms with Gasteiger partial charge < -0.3 is 0 Å². The molecule has 0 spiro atoms. The van der Waals surface area contributed by atoms with Crippen LogP contribution in [0.25, 0.3) is 12.2 Å². The predicted molar refractivity (Wildman–Crippen MR) is 47.5 cm³/mol. The molecule has 0 bridgehead atoms. The van der Waals surface area contributed by atoms with E-state index in [0.29, 0.717) is 0 Å². The third kappa shape index (κ3) is 1.17. The van der Waals surface area contributed by atoms with Crippen molar-refractivity contribution in [3.05, 3.63) is 30.6 Å². The maximum Gasteiger partial charge on any atom is 0.0920 e. The van der Waals surface area contributed by atoms with Gasteiger partial charge in [-0.3, -0.25) is 4.45 Å². The lowest BCUT2D eigenvalue weighted by molar-refractivity contribution is 1.00. The minimum Gasteiger partial charge on any atom is -0.257 e. The molecule has 0 saturated heterocycles. The molecule has 0 fully saturated rings. The molecule has 0 amide bonds. The molecular formula is C7H9N2P. The summed E-state index contributed by atoms with van der Waals surface area (Å²) in [6.07, 6.45) is 5.33. The van der Waals surface area contributed by atoms with Gasteiger partial charge in [-0.05, 0) is 15.5 Å². The van der Waals surface area contributed by atoms with Crippen molar-refractivity contribution >= 4 is 21.5 Å². The Morgan fingerprint density at radius 3 is 2.60 bits per heavy atom. The Labute approximate surface area is 62.5 Å². The maximum absolute atomic E-state index is 4.09. The van der Waals surface area contributed by atoms with Crippen molar-refractivity contribution in [1.29, 1.82) is 0 Å². The predicted octanol–water partition coefficient (Wildman–Crippen LogP) is 1.81. The molecule has 0 aliphatic heterocycles. The highest BCUT2D eigenvalue weighted by molar-refractivity contribution is 7.14. The molecule has 0 N–H and O–H groups in total. The van der Waals surface area contributed by atoms with Gasteiger partial charge in [0.2, 0.25) is 0 Å². The highest BCUT2D eigenvalue weighted by Crippen LogP contribution is 2.10. The van der Waals surface area contributed by atoms with Crippen LogP contribution in [0.1, 0.15) is 11.3 Å². The van der Waals surface area contributed by atoms with Gasteiger partial charge >= 0.3 is 0 Å². The molecule has 1 rings (SSSR count). The van der Waals surface area contributed by atoms with Crippen LogP contribution in [0.15, 0.2) is 19.4 Å². The zero-order chi connectivity index (χ0) is 7.56. The standard InChI is InChI=1S/C7H9N2P/c1-3-6-5-9(10)8-7(6)4-2/h3-5H,1-2,10H2. The minimum absolute atomic E-state index is 0.866. The minimum atomic E-state index is 0.866. The van der Waals surface area contributed by atoms with Gasteiger partial charge in [-0.2, -0.15) is 5.10 Å². The molecule has 1 heterocycles. The molecule has 1 atom stereocenters. The van der Waals surface area contributed by atoms with Gasteiger partial charge in [-0.25, -0.2) is 0 Å². The molecule has 3 heteroatoms. The highest BCUT2D eigenvalue weighted by atomic mass is 31.0. The smallest absolute Gasteiger partial charge is 0.0920 e. The van der Waals surface area contributed by atoms with Crippen molar-refractivity contribution in [3.8, 4) is 0 Å². The van der Waals surface area contributed by atoms with Crippen molar-refractivity contribution in [2.75, 3.05) is 0 Å². The second-order valence-electron chi connectivity index (χ2n) is 1.86. The highest BCUT2D eigenvalue weighted by Gasteiger charge is 1.97. The van der Waals surface area contributed by atoms with Crippen LogP contribution >= 0.6 is 9.39 Å². The van der Waals surface area contributed by atoms with E-state index in [1.165, 1.54) is 0 Å². The van der Waals surface area contributed by atoms with Crippen molar-refractivity contribution in [1.82, 2.24) is 9.55 Å². The van der Waals surface area contributed by atoms with Crippen LogP contribution in [0, 0.1) is 0 Å². The molecule has 1 aromatic heterocycles. The van der Waals surface area contributed by atoms with Crippen LogP contribution < -0.4 is 0 Å². The number of nitrogens with zero attached hydrogens (tertiary/aromatic N) is 2. The zero-order valence-electron chi connectivity index (χ0n) is 5.62. The van der Waals surface area contributed by atoms with E-state index in [0.717, 1.165) is 11.3 Å². The van der Waals surface area contributed by atoms with Gasteiger partial charge in [0.1, 0.15) is 0 Å². The van der Waals surface area contributed by atoms with Crippen molar-refractivity contribution in [3.63, 3.8) is 0 Å². The van der Waals surface area contributed by atoms with Gasteiger partial charge in [0.25, 0.3) is 0 Å². The number of rotatable bonds is 2. The summed E-state index contributed by atoms with van der Waals surface area (Å²) in [5.41, 5.74) is 1.87. The average molecular weight is 152 g/mol. The Hall–Kier alpha value is -0.880. The number of hydrogen-bond acceptors (Lipinski definition) is 1. The Morgan fingerprint density at radius 1 is 1.50 bits per heavy atom. The number of aromatic nitrogens is 2. The lowest BCUT2D eigenvalue weighted by atomic mass is 10.2. The SMILES string of the molecule is C=Cc1cn(P)nc1C=C. The summed E-state index contributed by atoms with van der Waals surface area (Å²) in [6.45, 7) is 7.26. The summed E-state index contributed by atoms with van der Waals surface area (Å²) in [5.74, 6) is 0. The topological polar surface area (TPSA) is 17.8 Å². The second-order valence-corrected chi connectivity index (χ2v) is 2.39. The van der Waals surface area contributed by atoms with Crippen molar-refractivity contribution in [2.45, 2.75) is 0 Å². The quantitative estimate of drug-likeness (QED) is 0.591. The van der Waals surface area contributed by atoms with E-state index in [1.54, 1.807) is 16.6 Å². The van der Waals surface area contributed by atoms with Crippen LogP contribution in [0.2, 0.25) is 0 Å². The first-order valence-electron chi connectivity index (χ1n) is 2.87. The van der Waals surface area contributed by atoms with Gasteiger partial charge in [-0.1, -0.05) is 19.2 Å². The molecule has 10 heavy (non-hydrogen) atoms. The molecule has 0 aromatic carbocycles. The fourth-order valence-corrected chi connectivity index (χ4v) is 1.02. The van der Waals surface area contributed by atoms with E-state index < -0.39 is 0 Å². The Balaban J connectivity index is 3.20. The maximum atomic E-state index is 4.09. The summed E-state index contributed by atoms with van der Waals surface area (Å²) >= 11 is 0. The number of hydrogen-bond donors (Lipinski definition) is 0. The zero-order valence-corrected chi connectivity index (χ0v) is 6.77. The molecule has 0 aliphatic carbocycles. The third-order valence-corrected chi connectivity index (χ3v) is 1.47. The Kier molecular flexibility index (Phi) is 2.03. The monoisotopic (exact) mass is 152 g/mol. The first-order valence-corrected chi connectivity index (χ1v) is 3.39. The normalized spacial score (nSPS) is 9.30. The summed E-state index contributed by atoms with van der Waals surface area (Å²) in [5, 5.41) is 4.09. The lowest BCUT2D eigenvalue weighted by Crippen LogP contribution is -1.77. The molecule has 1 aromatic rings. The van der Waals surface area contributed by atoms with Crippen LogP contribution in [0.4, 0.5) is 0 Å². The molecular weight excluding hydrogens is 143 g/mol. The average Bonchev–Trinajstić information content (AvgIpc) is 2.30. The summed E-state index contributed by atoms with van der Waals surface area (Å²) in [6, 6.07) is 0. The molecule has 0 aliphatic rings. The van der Waals surface area contributed by atoms with Crippen LogP contribution in [-0.2, 0) is 0 Å². The lowest BCUT2D eigenvalue weighted by Gasteiger charge is -1.82. The van der Waals surface area contributed by atoms with Crippen molar-refractivity contribution in [2.24, 2.45) is 0 Å². The van der Waals surface area contributed by atoms with Gasteiger partial charge in [0.15, 0.2) is 0 Å². The molecule has 0 saturated carbocycles. The Morgan fingerprint density at radius 2 is 2.20 bits per heavy atom. The summed E-state index contributed by atoms with van der Waals surface area (Å²) in [7, 11) is 2.45. The van der Waals surface area contributed by atoms with E-state index >= 15 is 0 Å². The van der Waals surface area contributed by atoms with Gasteiger partial charge in [-0.15, -0.1) is 0 Å². The van der Waals surface area contributed by atoms with E-state index in [9.17, 15) is 0 Å². The van der Waals surface area contributed by atoms with E-state index in [-0.39, 0.29) is 0 Å². The largest absolute Gasteiger partial charge is 0.257 e. The molecule has 2 nitrogen and oxygen atoms in total. The Bertz CT molecular complexity index is 237. The van der Waals surface area contributed by atoms with Crippen LogP contribution in [-0.4, -0.2) is 9.55 Å². The second kappa shape index (κ2) is 2.80. The first kappa shape index (κ1) is 7.23. The molecule has 0 radical (unpaired) electrons. The fourth-order valence-electron chi connectivity index (χ4n) is 0.736. The summed E-state index contributed by atoms with van der Waals surface area (Å²) in [4.78, 5) is 0. The molecule has 1 unspecified atom stereocenters. The first-order chi connectivity index (χ1) is 4.77. The van der Waals surface area contributed by atoms with Gasteiger partial charge in [0.05, 0.1) is 5.69 Å². The van der Waals surface area contributed by atoms with Crippen LogP contribution in [0.5, 0.6) is 0 Å².